The Bertz CT molecular complexity index is 899. The number of aliphatic hydroxyl groups excluding tert-OH is 1. The average molecular weight is 353 g/mol. The van der Waals surface area contributed by atoms with E-state index in [2.05, 4.69) is 0 Å². The van der Waals surface area contributed by atoms with Crippen LogP contribution in [-0.2, 0) is 9.59 Å². The molecule has 0 spiro atoms. The van der Waals surface area contributed by atoms with Crippen LogP contribution in [0.15, 0.2) is 59.9 Å². The molecule has 6 heteroatoms. The average Bonchev–Trinajstić information content (AvgIpc) is 2.87. The summed E-state index contributed by atoms with van der Waals surface area (Å²) >= 11 is 0. The lowest BCUT2D eigenvalue weighted by Crippen LogP contribution is -2.31. The van der Waals surface area contributed by atoms with Gasteiger partial charge in [-0.05, 0) is 29.8 Å². The fourth-order valence-corrected chi connectivity index (χ4v) is 3.06. The number of phenols is 2. The standard InChI is InChI=1S/C20H19NO5/c1-11(2)18(24)16-17(12-7-9-13(22)10-8-12)21(20(26)19(16)25)14-5-3-4-6-15(14)23/h3-11,17,22-23,25H,1-2H3. The van der Waals surface area contributed by atoms with Gasteiger partial charge in [-0.25, -0.2) is 0 Å². The summed E-state index contributed by atoms with van der Waals surface area (Å²) in [5.41, 5.74) is 0.708. The molecule has 0 saturated heterocycles. The molecule has 134 valence electrons. The van der Waals surface area contributed by atoms with Gasteiger partial charge in [-0.1, -0.05) is 38.1 Å². The number of aliphatic hydroxyl groups is 1. The van der Waals surface area contributed by atoms with Crippen LogP contribution in [0, 0.1) is 5.92 Å². The van der Waals surface area contributed by atoms with E-state index in [-0.39, 0.29) is 28.5 Å². The van der Waals surface area contributed by atoms with Crippen LogP contribution in [0.3, 0.4) is 0 Å². The molecule has 26 heavy (non-hydrogen) atoms. The third-order valence-electron chi connectivity index (χ3n) is 4.35. The van der Waals surface area contributed by atoms with Crippen LogP contribution in [0.2, 0.25) is 0 Å². The molecule has 2 aromatic rings. The zero-order valence-electron chi connectivity index (χ0n) is 14.4. The van der Waals surface area contributed by atoms with Gasteiger partial charge in [0.05, 0.1) is 17.3 Å². The quantitative estimate of drug-likeness (QED) is 0.784. The van der Waals surface area contributed by atoms with E-state index < -0.39 is 23.6 Å². The van der Waals surface area contributed by atoms with Crippen LogP contribution in [0.4, 0.5) is 5.69 Å². The highest BCUT2D eigenvalue weighted by atomic mass is 16.3. The van der Waals surface area contributed by atoms with Gasteiger partial charge >= 0.3 is 0 Å². The molecule has 1 amide bonds. The van der Waals surface area contributed by atoms with E-state index in [0.717, 1.165) is 0 Å². The molecule has 2 aromatic carbocycles. The van der Waals surface area contributed by atoms with Gasteiger partial charge in [-0.2, -0.15) is 0 Å². The van der Waals surface area contributed by atoms with Crippen molar-refractivity contribution in [3.8, 4) is 11.5 Å². The molecular formula is C20H19NO5. The summed E-state index contributed by atoms with van der Waals surface area (Å²) < 4.78 is 0. The Morgan fingerprint density at radius 3 is 2.19 bits per heavy atom. The summed E-state index contributed by atoms with van der Waals surface area (Å²) in [5.74, 6) is -2.26. The first-order valence-corrected chi connectivity index (χ1v) is 8.20. The topological polar surface area (TPSA) is 98.1 Å². The Labute approximate surface area is 150 Å². The van der Waals surface area contributed by atoms with E-state index in [9.17, 15) is 24.9 Å². The molecule has 1 heterocycles. The van der Waals surface area contributed by atoms with Gasteiger partial charge < -0.3 is 15.3 Å². The highest BCUT2D eigenvalue weighted by Crippen LogP contribution is 2.44. The van der Waals surface area contributed by atoms with Crippen LogP contribution < -0.4 is 4.90 Å². The van der Waals surface area contributed by atoms with Crippen LogP contribution in [0.5, 0.6) is 11.5 Å². The van der Waals surface area contributed by atoms with Crippen molar-refractivity contribution < 1.29 is 24.9 Å². The van der Waals surface area contributed by atoms with Crippen LogP contribution in [-0.4, -0.2) is 27.0 Å². The third kappa shape index (κ3) is 2.79. The number of rotatable bonds is 4. The fourth-order valence-electron chi connectivity index (χ4n) is 3.06. The third-order valence-corrected chi connectivity index (χ3v) is 4.35. The van der Waals surface area contributed by atoms with Gasteiger partial charge in [0.1, 0.15) is 11.5 Å². The van der Waals surface area contributed by atoms with Crippen LogP contribution >= 0.6 is 0 Å². The number of phenolic OH excluding ortho intramolecular Hbond substituents is 2. The number of ketones is 1. The van der Waals surface area contributed by atoms with Crippen molar-refractivity contribution in [3.05, 3.63) is 65.4 Å². The predicted octanol–water partition coefficient (Wildman–Crippen LogP) is 3.22. The second-order valence-corrected chi connectivity index (χ2v) is 6.44. The molecular weight excluding hydrogens is 334 g/mol. The Kier molecular flexibility index (Phi) is 4.42. The monoisotopic (exact) mass is 353 g/mol. The maximum atomic E-state index is 12.8. The number of amides is 1. The van der Waals surface area contributed by atoms with Crippen molar-refractivity contribution in [2.45, 2.75) is 19.9 Å². The largest absolute Gasteiger partial charge is 0.508 e. The van der Waals surface area contributed by atoms with Gasteiger partial charge in [-0.15, -0.1) is 0 Å². The first-order valence-electron chi connectivity index (χ1n) is 8.20. The molecule has 0 radical (unpaired) electrons. The van der Waals surface area contributed by atoms with Crippen molar-refractivity contribution in [1.82, 2.24) is 0 Å². The summed E-state index contributed by atoms with van der Waals surface area (Å²) in [5, 5.41) is 30.2. The zero-order chi connectivity index (χ0) is 19.0. The highest BCUT2D eigenvalue weighted by Gasteiger charge is 2.45. The van der Waals surface area contributed by atoms with E-state index >= 15 is 0 Å². The molecule has 1 aliphatic heterocycles. The SMILES string of the molecule is CC(C)C(=O)C1=C(O)C(=O)N(c2ccccc2O)C1c1ccc(O)cc1. The first kappa shape index (κ1) is 17.5. The lowest BCUT2D eigenvalue weighted by atomic mass is 9.91. The normalized spacial score (nSPS) is 17.3. The van der Waals surface area contributed by atoms with Gasteiger partial charge in [0.15, 0.2) is 11.5 Å². The Morgan fingerprint density at radius 1 is 1.00 bits per heavy atom. The summed E-state index contributed by atoms with van der Waals surface area (Å²) in [6, 6.07) is 11.4. The molecule has 6 nitrogen and oxygen atoms in total. The second kappa shape index (κ2) is 6.55. The fraction of sp³-hybridized carbons (Fsp3) is 0.200. The molecule has 3 N–H and O–H groups in total. The maximum absolute atomic E-state index is 12.8. The molecule has 1 unspecified atom stereocenters. The lowest BCUT2D eigenvalue weighted by molar-refractivity contribution is -0.119. The number of benzene rings is 2. The predicted molar refractivity (Wildman–Crippen MR) is 95.9 cm³/mol. The van der Waals surface area contributed by atoms with Crippen LogP contribution in [0.25, 0.3) is 0 Å². The molecule has 3 rings (SSSR count). The molecule has 1 atom stereocenters. The number of aromatic hydroxyl groups is 2. The zero-order valence-corrected chi connectivity index (χ0v) is 14.4. The molecule has 0 saturated carbocycles. The summed E-state index contributed by atoms with van der Waals surface area (Å²) in [6.45, 7) is 3.37. The van der Waals surface area contributed by atoms with E-state index in [1.165, 1.54) is 29.2 Å². The van der Waals surface area contributed by atoms with E-state index in [1.807, 2.05) is 0 Å². The smallest absolute Gasteiger partial charge is 0.294 e. The number of nitrogens with zero attached hydrogens (tertiary/aromatic N) is 1. The summed E-state index contributed by atoms with van der Waals surface area (Å²) in [6.07, 6.45) is 0. The Hall–Kier alpha value is -3.28. The van der Waals surface area contributed by atoms with E-state index in [1.54, 1.807) is 38.1 Å². The minimum atomic E-state index is -0.897. The number of Topliss-reactive ketones (excluding diaryl/α,β-unsaturated/α-hetero) is 1. The van der Waals surface area contributed by atoms with Crippen molar-refractivity contribution in [1.29, 1.82) is 0 Å². The number of para-hydroxylation sites is 2. The minimum absolute atomic E-state index is 0.0149. The van der Waals surface area contributed by atoms with Crippen molar-refractivity contribution >= 4 is 17.4 Å². The number of anilines is 1. The lowest BCUT2D eigenvalue weighted by Gasteiger charge is -2.27. The number of carbonyl (C=O) groups excluding carboxylic acids is 2. The van der Waals surface area contributed by atoms with Gasteiger partial charge in [-0.3, -0.25) is 14.5 Å². The number of carbonyl (C=O) groups is 2. The minimum Gasteiger partial charge on any atom is -0.508 e. The van der Waals surface area contributed by atoms with Crippen molar-refractivity contribution in [3.63, 3.8) is 0 Å². The molecule has 0 aliphatic carbocycles. The molecule has 0 bridgehead atoms. The van der Waals surface area contributed by atoms with Crippen molar-refractivity contribution in [2.75, 3.05) is 4.90 Å². The Balaban J connectivity index is 2.21. The first-order chi connectivity index (χ1) is 12.3. The maximum Gasteiger partial charge on any atom is 0.294 e. The van der Waals surface area contributed by atoms with Gasteiger partial charge in [0.25, 0.3) is 5.91 Å². The summed E-state index contributed by atoms with van der Waals surface area (Å²) in [7, 11) is 0. The Morgan fingerprint density at radius 2 is 1.62 bits per heavy atom. The van der Waals surface area contributed by atoms with E-state index in [0.29, 0.717) is 5.56 Å². The molecule has 1 aliphatic rings. The molecule has 0 aromatic heterocycles. The van der Waals surface area contributed by atoms with Crippen LogP contribution in [0.1, 0.15) is 25.5 Å². The highest BCUT2D eigenvalue weighted by molar-refractivity contribution is 6.17. The van der Waals surface area contributed by atoms with Crippen molar-refractivity contribution in [2.24, 2.45) is 5.92 Å². The van der Waals surface area contributed by atoms with Gasteiger partial charge in [0, 0.05) is 5.92 Å². The number of hydrogen-bond donors (Lipinski definition) is 3. The number of hydrogen-bond acceptors (Lipinski definition) is 5. The summed E-state index contributed by atoms with van der Waals surface area (Å²) in [4.78, 5) is 26.7. The second-order valence-electron chi connectivity index (χ2n) is 6.44. The molecule has 0 fully saturated rings. The van der Waals surface area contributed by atoms with E-state index in [4.69, 9.17) is 0 Å². The van der Waals surface area contributed by atoms with Gasteiger partial charge in [0.2, 0.25) is 0 Å².